The SMILES string of the molecule is CC(C)(C)[Si](C)(C)OCCOCCOCCOc1ccc(C#Cc2ccc(N)cc2)cc1. The molecule has 0 unspecified atom stereocenters. The molecular weight excluding hydrogens is 418 g/mol. The third-order valence-electron chi connectivity index (χ3n) is 5.48. The zero-order chi connectivity index (χ0) is 23.5. The van der Waals surface area contributed by atoms with Crippen molar-refractivity contribution in [3.8, 4) is 17.6 Å². The number of benzene rings is 2. The van der Waals surface area contributed by atoms with Crippen LogP contribution >= 0.6 is 0 Å². The molecule has 0 aliphatic rings. The summed E-state index contributed by atoms with van der Waals surface area (Å²) in [7, 11) is -1.69. The molecule has 0 aromatic heterocycles. The van der Waals surface area contributed by atoms with E-state index in [9.17, 15) is 0 Å². The third kappa shape index (κ3) is 9.45. The summed E-state index contributed by atoms with van der Waals surface area (Å²) in [6.07, 6.45) is 0. The Hall–Kier alpha value is -2.30. The Balaban J connectivity index is 1.54. The quantitative estimate of drug-likeness (QED) is 0.221. The zero-order valence-corrected chi connectivity index (χ0v) is 21.1. The molecule has 0 spiro atoms. The monoisotopic (exact) mass is 455 g/mol. The van der Waals surface area contributed by atoms with E-state index in [1.165, 1.54) is 0 Å². The molecule has 2 aromatic rings. The van der Waals surface area contributed by atoms with Crippen molar-refractivity contribution in [2.45, 2.75) is 38.9 Å². The first-order valence-corrected chi connectivity index (χ1v) is 14.0. The maximum absolute atomic E-state index is 6.08. The van der Waals surface area contributed by atoms with Gasteiger partial charge in [-0.15, -0.1) is 0 Å². The molecule has 2 aromatic carbocycles. The van der Waals surface area contributed by atoms with E-state index in [1.807, 2.05) is 48.5 Å². The number of rotatable bonds is 11. The van der Waals surface area contributed by atoms with E-state index < -0.39 is 8.32 Å². The molecule has 0 amide bonds. The molecule has 2 N–H and O–H groups in total. The summed E-state index contributed by atoms with van der Waals surface area (Å²) in [5.41, 5.74) is 8.29. The lowest BCUT2D eigenvalue weighted by molar-refractivity contribution is 0.0260. The van der Waals surface area contributed by atoms with Gasteiger partial charge >= 0.3 is 0 Å². The molecule has 0 aliphatic carbocycles. The second-order valence-corrected chi connectivity index (χ2v) is 13.9. The van der Waals surface area contributed by atoms with Gasteiger partial charge in [-0.25, -0.2) is 0 Å². The number of anilines is 1. The number of nitrogen functional groups attached to an aromatic ring is 1. The second kappa shape index (κ2) is 12.7. The Labute approximate surface area is 194 Å². The van der Waals surface area contributed by atoms with Crippen molar-refractivity contribution in [3.05, 3.63) is 59.7 Å². The summed E-state index contributed by atoms with van der Waals surface area (Å²) in [5, 5.41) is 0.224. The van der Waals surface area contributed by atoms with Crippen molar-refractivity contribution in [1.82, 2.24) is 0 Å². The maximum atomic E-state index is 6.08. The summed E-state index contributed by atoms with van der Waals surface area (Å²) < 4.78 is 22.9. The van der Waals surface area contributed by atoms with Crippen molar-refractivity contribution >= 4 is 14.0 Å². The van der Waals surface area contributed by atoms with Crippen LogP contribution in [0, 0.1) is 11.8 Å². The van der Waals surface area contributed by atoms with E-state index in [-0.39, 0.29) is 5.04 Å². The smallest absolute Gasteiger partial charge is 0.192 e. The Bertz CT molecular complexity index is 862. The molecule has 174 valence electrons. The van der Waals surface area contributed by atoms with Gasteiger partial charge in [0, 0.05) is 16.8 Å². The number of nitrogens with two attached hydrogens (primary N) is 1. The highest BCUT2D eigenvalue weighted by Crippen LogP contribution is 2.36. The molecular formula is C26H37NO4Si. The van der Waals surface area contributed by atoms with Gasteiger partial charge in [0.2, 0.25) is 0 Å². The molecule has 0 saturated carbocycles. The highest BCUT2D eigenvalue weighted by molar-refractivity contribution is 6.74. The van der Waals surface area contributed by atoms with E-state index in [4.69, 9.17) is 24.4 Å². The molecule has 32 heavy (non-hydrogen) atoms. The predicted molar refractivity (Wildman–Crippen MR) is 134 cm³/mol. The van der Waals surface area contributed by atoms with E-state index >= 15 is 0 Å². The molecule has 0 fully saturated rings. The van der Waals surface area contributed by atoms with Crippen molar-refractivity contribution in [2.75, 3.05) is 45.4 Å². The average molecular weight is 456 g/mol. The second-order valence-electron chi connectivity index (χ2n) is 9.08. The first-order chi connectivity index (χ1) is 15.2. The van der Waals surface area contributed by atoms with Crippen LogP contribution in [0.25, 0.3) is 0 Å². The fourth-order valence-corrected chi connectivity index (χ4v) is 3.48. The topological polar surface area (TPSA) is 62.9 Å². The molecule has 0 radical (unpaired) electrons. The van der Waals surface area contributed by atoms with Crippen LogP contribution in [0.3, 0.4) is 0 Å². The van der Waals surface area contributed by atoms with Crippen LogP contribution in [0.1, 0.15) is 31.9 Å². The van der Waals surface area contributed by atoms with Gasteiger partial charge < -0.3 is 24.4 Å². The third-order valence-corrected chi connectivity index (χ3v) is 10.0. The molecule has 0 atom stereocenters. The maximum Gasteiger partial charge on any atom is 0.192 e. The fourth-order valence-electron chi connectivity index (χ4n) is 2.46. The summed E-state index contributed by atoms with van der Waals surface area (Å²) in [6.45, 7) is 14.6. The van der Waals surface area contributed by atoms with E-state index in [1.54, 1.807) is 0 Å². The predicted octanol–water partition coefficient (Wildman–Crippen LogP) is 5.10. The van der Waals surface area contributed by atoms with Crippen LogP contribution in [0.5, 0.6) is 5.75 Å². The average Bonchev–Trinajstić information content (AvgIpc) is 2.74. The van der Waals surface area contributed by atoms with Gasteiger partial charge in [0.25, 0.3) is 0 Å². The van der Waals surface area contributed by atoms with Gasteiger partial charge in [0.05, 0.1) is 33.0 Å². The standard InChI is InChI=1S/C26H37NO4Si/c1-26(2,3)32(4,5)31-21-19-29-17-16-28-18-20-30-25-14-10-23(11-15-25)7-6-22-8-12-24(27)13-9-22/h8-15H,16-21,27H2,1-5H3. The molecule has 5 nitrogen and oxygen atoms in total. The van der Waals surface area contributed by atoms with Crippen molar-refractivity contribution in [1.29, 1.82) is 0 Å². The number of hydrogen-bond acceptors (Lipinski definition) is 5. The summed E-state index contributed by atoms with van der Waals surface area (Å²) in [5.74, 6) is 7.05. The number of hydrogen-bond donors (Lipinski definition) is 1. The summed E-state index contributed by atoms with van der Waals surface area (Å²) in [4.78, 5) is 0. The Morgan fingerprint density at radius 2 is 1.19 bits per heavy atom. The van der Waals surface area contributed by atoms with E-state index in [2.05, 4.69) is 45.7 Å². The van der Waals surface area contributed by atoms with Gasteiger partial charge in [-0.2, -0.15) is 0 Å². The minimum atomic E-state index is -1.69. The Morgan fingerprint density at radius 1 is 0.719 bits per heavy atom. The van der Waals surface area contributed by atoms with Crippen LogP contribution in [0.15, 0.2) is 48.5 Å². The summed E-state index contributed by atoms with van der Waals surface area (Å²) >= 11 is 0. The first-order valence-electron chi connectivity index (χ1n) is 11.1. The Kier molecular flexibility index (Phi) is 10.3. The highest BCUT2D eigenvalue weighted by Gasteiger charge is 2.36. The van der Waals surface area contributed by atoms with Crippen LogP contribution < -0.4 is 10.5 Å². The molecule has 0 aliphatic heterocycles. The molecule has 0 saturated heterocycles. The van der Waals surface area contributed by atoms with Gasteiger partial charge in [0.15, 0.2) is 8.32 Å². The normalized spacial score (nSPS) is 11.7. The molecule has 2 rings (SSSR count). The zero-order valence-electron chi connectivity index (χ0n) is 20.1. The van der Waals surface area contributed by atoms with Crippen LogP contribution in [-0.2, 0) is 13.9 Å². The first kappa shape index (κ1) is 26.0. The van der Waals surface area contributed by atoms with Crippen LogP contribution in [0.4, 0.5) is 5.69 Å². The lowest BCUT2D eigenvalue weighted by atomic mass is 10.1. The van der Waals surface area contributed by atoms with Gasteiger partial charge in [-0.1, -0.05) is 32.6 Å². The molecule has 0 bridgehead atoms. The largest absolute Gasteiger partial charge is 0.491 e. The van der Waals surface area contributed by atoms with Crippen LogP contribution in [-0.4, -0.2) is 48.0 Å². The molecule has 0 heterocycles. The van der Waals surface area contributed by atoms with Crippen molar-refractivity contribution in [3.63, 3.8) is 0 Å². The van der Waals surface area contributed by atoms with Crippen LogP contribution in [0.2, 0.25) is 18.1 Å². The van der Waals surface area contributed by atoms with Gasteiger partial charge in [-0.3, -0.25) is 0 Å². The van der Waals surface area contributed by atoms with E-state index in [0.717, 1.165) is 22.6 Å². The van der Waals surface area contributed by atoms with Gasteiger partial charge in [-0.05, 0) is 66.7 Å². The fraction of sp³-hybridized carbons (Fsp3) is 0.462. The minimum Gasteiger partial charge on any atom is -0.491 e. The van der Waals surface area contributed by atoms with Crippen molar-refractivity contribution in [2.24, 2.45) is 0 Å². The highest BCUT2D eigenvalue weighted by atomic mass is 28.4. The number of ether oxygens (including phenoxy) is 3. The van der Waals surface area contributed by atoms with Crippen molar-refractivity contribution < 1.29 is 18.6 Å². The lowest BCUT2D eigenvalue weighted by Gasteiger charge is -2.36. The molecule has 6 heteroatoms. The minimum absolute atomic E-state index is 0.224. The lowest BCUT2D eigenvalue weighted by Crippen LogP contribution is -2.41. The van der Waals surface area contributed by atoms with E-state index in [0.29, 0.717) is 39.6 Å². The van der Waals surface area contributed by atoms with Gasteiger partial charge in [0.1, 0.15) is 12.4 Å². The summed E-state index contributed by atoms with van der Waals surface area (Å²) in [6, 6.07) is 15.2. The Morgan fingerprint density at radius 3 is 1.72 bits per heavy atom.